The van der Waals surface area contributed by atoms with Crippen molar-refractivity contribution >= 4 is 27.5 Å². The van der Waals surface area contributed by atoms with Gasteiger partial charge in [-0.3, -0.25) is 9.78 Å². The summed E-state index contributed by atoms with van der Waals surface area (Å²) in [6.07, 6.45) is 4.97. The molecule has 152 valence electrons. The number of aryl methyl sites for hydroxylation is 1. The second-order valence-corrected chi connectivity index (χ2v) is 9.95. The molecule has 0 unspecified atom stereocenters. The molecule has 1 amide bonds. The average molecular weight is 409 g/mol. The molecule has 0 aliphatic heterocycles. The molecule has 3 N–H and O–H groups in total. The topological polar surface area (TPSA) is 80.9 Å². The summed E-state index contributed by atoms with van der Waals surface area (Å²) in [7, 11) is 0. The Hall–Kier alpha value is -2.31. The molecule has 3 aromatic rings. The van der Waals surface area contributed by atoms with Crippen LogP contribution in [-0.4, -0.2) is 22.4 Å². The zero-order valence-electron chi connectivity index (χ0n) is 17.2. The van der Waals surface area contributed by atoms with E-state index in [1.165, 1.54) is 29.0 Å². The maximum Gasteiger partial charge on any atom is 0.262 e. The molecule has 4 rings (SSSR count). The van der Waals surface area contributed by atoms with Gasteiger partial charge in [-0.15, -0.1) is 11.3 Å². The number of hydrogen-bond donors (Lipinski definition) is 2. The number of carbonyl (C=O) groups excluding carboxylic acids is 1. The van der Waals surface area contributed by atoms with Gasteiger partial charge in [-0.2, -0.15) is 0 Å². The van der Waals surface area contributed by atoms with E-state index < -0.39 is 0 Å². The van der Waals surface area contributed by atoms with Gasteiger partial charge in [-0.1, -0.05) is 26.8 Å². The van der Waals surface area contributed by atoms with E-state index in [2.05, 4.69) is 37.1 Å². The van der Waals surface area contributed by atoms with Gasteiger partial charge in [0.25, 0.3) is 5.91 Å². The number of pyridine rings is 2. The number of amides is 1. The van der Waals surface area contributed by atoms with Crippen LogP contribution in [-0.2, 0) is 12.8 Å². The lowest BCUT2D eigenvalue weighted by molar-refractivity contribution is 0.0941. The zero-order chi connectivity index (χ0) is 20.6. The van der Waals surface area contributed by atoms with Gasteiger partial charge < -0.3 is 11.1 Å². The Labute approximate surface area is 175 Å². The van der Waals surface area contributed by atoms with Crippen molar-refractivity contribution in [1.29, 1.82) is 0 Å². The van der Waals surface area contributed by atoms with Crippen molar-refractivity contribution in [2.24, 2.45) is 17.1 Å². The van der Waals surface area contributed by atoms with Crippen LogP contribution in [0.5, 0.6) is 0 Å². The third-order valence-electron chi connectivity index (χ3n) is 5.91. The molecule has 1 aliphatic carbocycles. The minimum Gasteiger partial charge on any atom is -0.342 e. The van der Waals surface area contributed by atoms with Gasteiger partial charge in [-0.25, -0.2) is 4.98 Å². The molecule has 6 heteroatoms. The molecule has 2 atom stereocenters. The highest BCUT2D eigenvalue weighted by Crippen LogP contribution is 2.38. The van der Waals surface area contributed by atoms with E-state index in [1.807, 2.05) is 24.3 Å². The zero-order valence-corrected chi connectivity index (χ0v) is 18.1. The largest absolute Gasteiger partial charge is 0.342 e. The molecule has 0 saturated heterocycles. The lowest BCUT2D eigenvalue weighted by Crippen LogP contribution is -2.33. The van der Waals surface area contributed by atoms with Crippen molar-refractivity contribution in [2.75, 3.05) is 6.54 Å². The maximum absolute atomic E-state index is 12.8. The van der Waals surface area contributed by atoms with Crippen molar-refractivity contribution in [3.05, 3.63) is 58.4 Å². The first-order valence-electron chi connectivity index (χ1n) is 10.2. The number of carbonyl (C=O) groups is 1. The Kier molecular flexibility index (Phi) is 5.40. The Morgan fingerprint density at radius 1 is 1.34 bits per heavy atom. The number of rotatable bonds is 4. The number of aromatic nitrogens is 2. The summed E-state index contributed by atoms with van der Waals surface area (Å²) in [5, 5.41) is 4.06. The van der Waals surface area contributed by atoms with E-state index in [0.29, 0.717) is 22.8 Å². The Bertz CT molecular complexity index is 1020. The predicted molar refractivity (Wildman–Crippen MR) is 118 cm³/mol. The lowest BCUT2D eigenvalue weighted by atomic mass is 9.71. The molecule has 0 radical (unpaired) electrons. The SMILES string of the molecule is CC(C)(C)[C@@H]1CCc2nc3sc(C(=O)N[C@@H](CN)c4ccccn4)cc3cc2C1. The Morgan fingerprint density at radius 3 is 2.86 bits per heavy atom. The van der Waals surface area contributed by atoms with Crippen molar-refractivity contribution in [3.8, 4) is 0 Å². The normalized spacial score (nSPS) is 17.7. The summed E-state index contributed by atoms with van der Waals surface area (Å²) in [5.74, 6) is 0.541. The van der Waals surface area contributed by atoms with Gasteiger partial charge >= 0.3 is 0 Å². The standard InChI is InChI=1S/C23H28N4OS/c1-23(2,3)16-7-8-17-14(11-16)10-15-12-20(29-22(15)27-17)21(28)26-19(13-24)18-6-4-5-9-25-18/h4-6,9-10,12,16,19H,7-8,11,13,24H2,1-3H3,(H,26,28)/t16-,19+/m1/s1. The number of hydrogen-bond acceptors (Lipinski definition) is 5. The molecule has 0 saturated carbocycles. The first-order chi connectivity index (χ1) is 13.8. The highest BCUT2D eigenvalue weighted by molar-refractivity contribution is 7.20. The van der Waals surface area contributed by atoms with E-state index in [1.54, 1.807) is 6.20 Å². The van der Waals surface area contributed by atoms with Crippen LogP contribution in [0.25, 0.3) is 10.2 Å². The van der Waals surface area contributed by atoms with E-state index in [4.69, 9.17) is 10.7 Å². The molecule has 0 fully saturated rings. The second kappa shape index (κ2) is 7.84. The molecule has 1 aliphatic rings. The number of nitrogens with two attached hydrogens (primary N) is 1. The minimum absolute atomic E-state index is 0.125. The van der Waals surface area contributed by atoms with E-state index in [0.717, 1.165) is 28.8 Å². The number of nitrogens with zero attached hydrogens (tertiary/aromatic N) is 2. The van der Waals surface area contributed by atoms with Crippen LogP contribution >= 0.6 is 11.3 Å². The molecular weight excluding hydrogens is 380 g/mol. The highest BCUT2D eigenvalue weighted by atomic mass is 32.1. The minimum atomic E-state index is -0.303. The molecule has 5 nitrogen and oxygen atoms in total. The van der Waals surface area contributed by atoms with Crippen LogP contribution in [0.1, 0.15) is 59.9 Å². The number of thiophene rings is 1. The summed E-state index contributed by atoms with van der Waals surface area (Å²) in [6, 6.07) is 9.52. The van der Waals surface area contributed by atoms with E-state index >= 15 is 0 Å². The average Bonchev–Trinajstić information content (AvgIpc) is 3.12. The number of nitrogens with one attached hydrogen (secondary N) is 1. The third-order valence-corrected chi connectivity index (χ3v) is 6.95. The summed E-state index contributed by atoms with van der Waals surface area (Å²) in [5.41, 5.74) is 9.47. The number of fused-ring (bicyclic) bond motifs is 2. The maximum atomic E-state index is 12.8. The monoisotopic (exact) mass is 408 g/mol. The summed E-state index contributed by atoms with van der Waals surface area (Å²) in [6.45, 7) is 7.25. The Balaban J connectivity index is 1.57. The van der Waals surface area contributed by atoms with Crippen LogP contribution < -0.4 is 11.1 Å². The van der Waals surface area contributed by atoms with Gasteiger partial charge in [0.15, 0.2) is 0 Å². The fourth-order valence-electron chi connectivity index (χ4n) is 4.04. The van der Waals surface area contributed by atoms with Gasteiger partial charge in [0.05, 0.1) is 16.6 Å². The highest BCUT2D eigenvalue weighted by Gasteiger charge is 2.29. The summed E-state index contributed by atoms with van der Waals surface area (Å²) < 4.78 is 0. The quantitative estimate of drug-likeness (QED) is 0.675. The molecular formula is C23H28N4OS. The van der Waals surface area contributed by atoms with Crippen molar-refractivity contribution in [1.82, 2.24) is 15.3 Å². The van der Waals surface area contributed by atoms with Crippen LogP contribution in [0.2, 0.25) is 0 Å². The predicted octanol–water partition coefficient (Wildman–Crippen LogP) is 4.27. The summed E-state index contributed by atoms with van der Waals surface area (Å²) >= 11 is 1.45. The van der Waals surface area contributed by atoms with Crippen LogP contribution in [0.4, 0.5) is 0 Å². The Morgan fingerprint density at radius 2 is 2.17 bits per heavy atom. The van der Waals surface area contributed by atoms with Crippen LogP contribution in [0.3, 0.4) is 0 Å². The lowest BCUT2D eigenvalue weighted by Gasteiger charge is -2.34. The first-order valence-corrected chi connectivity index (χ1v) is 11.0. The smallest absolute Gasteiger partial charge is 0.262 e. The molecule has 29 heavy (non-hydrogen) atoms. The fourth-order valence-corrected chi connectivity index (χ4v) is 4.98. The van der Waals surface area contributed by atoms with E-state index in [9.17, 15) is 4.79 Å². The fraction of sp³-hybridized carbons (Fsp3) is 0.435. The van der Waals surface area contributed by atoms with Crippen LogP contribution in [0.15, 0.2) is 36.5 Å². The van der Waals surface area contributed by atoms with Gasteiger partial charge in [0, 0.05) is 23.8 Å². The van der Waals surface area contributed by atoms with Crippen LogP contribution in [0, 0.1) is 11.3 Å². The van der Waals surface area contributed by atoms with Crippen molar-refractivity contribution in [2.45, 2.75) is 46.1 Å². The third kappa shape index (κ3) is 4.19. The summed E-state index contributed by atoms with van der Waals surface area (Å²) in [4.78, 5) is 23.7. The first kappa shape index (κ1) is 20.0. The van der Waals surface area contributed by atoms with E-state index in [-0.39, 0.29) is 11.9 Å². The molecule has 0 aromatic carbocycles. The van der Waals surface area contributed by atoms with Crippen molar-refractivity contribution < 1.29 is 4.79 Å². The second-order valence-electron chi connectivity index (χ2n) is 8.92. The molecule has 0 bridgehead atoms. The van der Waals surface area contributed by atoms with Crippen molar-refractivity contribution in [3.63, 3.8) is 0 Å². The molecule has 3 heterocycles. The van der Waals surface area contributed by atoms with Gasteiger partial charge in [0.1, 0.15) is 4.83 Å². The molecule has 3 aromatic heterocycles. The molecule has 0 spiro atoms. The van der Waals surface area contributed by atoms with Gasteiger partial charge in [-0.05, 0) is 60.4 Å². The van der Waals surface area contributed by atoms with Gasteiger partial charge in [0.2, 0.25) is 0 Å².